The molecule has 158 valence electrons. The van der Waals surface area contributed by atoms with Crippen LogP contribution in [-0.2, 0) is 19.5 Å². The highest BCUT2D eigenvalue weighted by Gasteiger charge is 2.17. The molecule has 1 atom stereocenters. The van der Waals surface area contributed by atoms with Crippen molar-refractivity contribution in [3.63, 3.8) is 0 Å². The lowest BCUT2D eigenvalue weighted by Gasteiger charge is -2.20. The normalized spacial score (nSPS) is 14.4. The molecule has 1 aromatic heterocycles. The van der Waals surface area contributed by atoms with Gasteiger partial charge in [-0.05, 0) is 51.8 Å². The molecule has 0 saturated carbocycles. The van der Waals surface area contributed by atoms with Gasteiger partial charge in [0.15, 0.2) is 23.3 Å². The van der Waals surface area contributed by atoms with Gasteiger partial charge in [-0.2, -0.15) is 0 Å². The van der Waals surface area contributed by atoms with Gasteiger partial charge in [0.1, 0.15) is 12.4 Å². The molecule has 1 unspecified atom stereocenters. The summed E-state index contributed by atoms with van der Waals surface area (Å²) in [7, 11) is 0. The van der Waals surface area contributed by atoms with Gasteiger partial charge in [0.05, 0.1) is 19.3 Å². The summed E-state index contributed by atoms with van der Waals surface area (Å²) in [6, 6.07) is 6.10. The fourth-order valence-corrected chi connectivity index (χ4v) is 3.42. The number of hydrogen-bond donors (Lipinski definition) is 2. The van der Waals surface area contributed by atoms with E-state index in [-0.39, 0.29) is 6.04 Å². The van der Waals surface area contributed by atoms with Crippen LogP contribution in [-0.4, -0.2) is 40.5 Å². The molecule has 8 nitrogen and oxygen atoms in total. The van der Waals surface area contributed by atoms with E-state index in [2.05, 4.69) is 45.3 Å². The van der Waals surface area contributed by atoms with Crippen molar-refractivity contribution in [2.75, 3.05) is 19.8 Å². The lowest BCUT2D eigenvalue weighted by Crippen LogP contribution is -2.38. The molecular formula is C21H32N6O2. The van der Waals surface area contributed by atoms with E-state index >= 15 is 0 Å². The Morgan fingerprint density at radius 3 is 2.72 bits per heavy atom. The minimum atomic E-state index is 0.0480. The summed E-state index contributed by atoms with van der Waals surface area (Å²) in [5.74, 6) is 4.27. The number of rotatable bonds is 9. The molecule has 2 N–H and O–H groups in total. The van der Waals surface area contributed by atoms with Gasteiger partial charge < -0.3 is 24.7 Å². The standard InChI is InChI=1S/C21H32N6O2/c1-5-22-21(23-14-20-26-25-19-9-8-12-27(19)20)24-15(4)16-10-11-17(28-6-2)18(13-16)29-7-3/h10-11,13,15H,5-9,12,14H2,1-4H3,(H2,22,23,24). The molecule has 1 aromatic carbocycles. The summed E-state index contributed by atoms with van der Waals surface area (Å²) in [6.45, 7) is 11.6. The molecule has 0 amide bonds. The maximum atomic E-state index is 5.76. The molecule has 0 bridgehead atoms. The van der Waals surface area contributed by atoms with Crippen LogP contribution in [0.4, 0.5) is 0 Å². The van der Waals surface area contributed by atoms with Gasteiger partial charge in [-0.3, -0.25) is 0 Å². The Kier molecular flexibility index (Phi) is 7.32. The van der Waals surface area contributed by atoms with E-state index in [1.807, 2.05) is 26.0 Å². The second-order valence-electron chi connectivity index (χ2n) is 6.92. The van der Waals surface area contributed by atoms with Crippen molar-refractivity contribution in [3.8, 4) is 11.5 Å². The first-order valence-corrected chi connectivity index (χ1v) is 10.5. The van der Waals surface area contributed by atoms with Crippen LogP contribution in [0.1, 0.15) is 57.4 Å². The SMILES string of the molecule is CCNC(=NCc1nnc2n1CCC2)NC(C)c1ccc(OCC)c(OCC)c1. The van der Waals surface area contributed by atoms with E-state index in [1.54, 1.807) is 0 Å². The van der Waals surface area contributed by atoms with Crippen LogP contribution < -0.4 is 20.1 Å². The summed E-state index contributed by atoms with van der Waals surface area (Å²) in [4.78, 5) is 4.72. The largest absolute Gasteiger partial charge is 0.490 e. The van der Waals surface area contributed by atoms with Crippen LogP contribution in [0.3, 0.4) is 0 Å². The maximum Gasteiger partial charge on any atom is 0.192 e. The fraction of sp³-hybridized carbons (Fsp3) is 0.571. The highest BCUT2D eigenvalue weighted by Crippen LogP contribution is 2.30. The van der Waals surface area contributed by atoms with Crippen molar-refractivity contribution in [2.24, 2.45) is 4.99 Å². The monoisotopic (exact) mass is 400 g/mol. The topological polar surface area (TPSA) is 85.6 Å². The highest BCUT2D eigenvalue weighted by atomic mass is 16.5. The predicted molar refractivity (Wildman–Crippen MR) is 113 cm³/mol. The summed E-state index contributed by atoms with van der Waals surface area (Å²) in [6.07, 6.45) is 2.14. The van der Waals surface area contributed by atoms with Crippen molar-refractivity contribution >= 4 is 5.96 Å². The molecule has 0 saturated heterocycles. The number of fused-ring (bicyclic) bond motifs is 1. The minimum absolute atomic E-state index is 0.0480. The second-order valence-corrected chi connectivity index (χ2v) is 6.92. The molecular weight excluding hydrogens is 368 g/mol. The molecule has 1 aliphatic heterocycles. The molecule has 0 spiro atoms. The van der Waals surface area contributed by atoms with Gasteiger partial charge >= 0.3 is 0 Å². The van der Waals surface area contributed by atoms with Crippen molar-refractivity contribution in [1.82, 2.24) is 25.4 Å². The van der Waals surface area contributed by atoms with Gasteiger partial charge in [0.2, 0.25) is 0 Å². The Hall–Kier alpha value is -2.77. The number of nitrogens with one attached hydrogen (secondary N) is 2. The Bertz CT molecular complexity index is 833. The van der Waals surface area contributed by atoms with Crippen molar-refractivity contribution in [3.05, 3.63) is 35.4 Å². The zero-order chi connectivity index (χ0) is 20.6. The number of aryl methyl sites for hydroxylation is 1. The van der Waals surface area contributed by atoms with Crippen molar-refractivity contribution < 1.29 is 9.47 Å². The van der Waals surface area contributed by atoms with E-state index in [4.69, 9.17) is 14.5 Å². The van der Waals surface area contributed by atoms with Gasteiger partial charge in [-0.25, -0.2) is 4.99 Å². The third-order valence-electron chi connectivity index (χ3n) is 4.83. The smallest absolute Gasteiger partial charge is 0.192 e. The Morgan fingerprint density at radius 2 is 1.97 bits per heavy atom. The van der Waals surface area contributed by atoms with Crippen LogP contribution >= 0.6 is 0 Å². The maximum absolute atomic E-state index is 5.76. The Balaban J connectivity index is 1.71. The zero-order valence-electron chi connectivity index (χ0n) is 17.9. The average molecular weight is 401 g/mol. The molecule has 0 radical (unpaired) electrons. The third kappa shape index (κ3) is 5.19. The zero-order valence-corrected chi connectivity index (χ0v) is 17.9. The molecule has 2 heterocycles. The first kappa shape index (κ1) is 21.0. The van der Waals surface area contributed by atoms with Crippen LogP contribution in [0.25, 0.3) is 0 Å². The minimum Gasteiger partial charge on any atom is -0.490 e. The lowest BCUT2D eigenvalue weighted by atomic mass is 10.1. The van der Waals surface area contributed by atoms with Crippen LogP contribution in [0.2, 0.25) is 0 Å². The van der Waals surface area contributed by atoms with Gasteiger partial charge in [0.25, 0.3) is 0 Å². The number of ether oxygens (including phenoxy) is 2. The first-order chi connectivity index (χ1) is 14.2. The molecule has 1 aliphatic rings. The number of nitrogens with zero attached hydrogens (tertiary/aromatic N) is 4. The number of hydrogen-bond acceptors (Lipinski definition) is 5. The molecule has 8 heteroatoms. The van der Waals surface area contributed by atoms with E-state index in [0.717, 1.165) is 60.6 Å². The number of benzene rings is 1. The summed E-state index contributed by atoms with van der Waals surface area (Å²) < 4.78 is 13.6. The summed E-state index contributed by atoms with van der Waals surface area (Å²) >= 11 is 0. The van der Waals surface area contributed by atoms with Crippen molar-refractivity contribution in [2.45, 2.75) is 59.7 Å². The second kappa shape index (κ2) is 10.1. The number of aliphatic imine (C=N–C) groups is 1. The van der Waals surface area contributed by atoms with Gasteiger partial charge in [-0.1, -0.05) is 6.07 Å². The first-order valence-electron chi connectivity index (χ1n) is 10.5. The van der Waals surface area contributed by atoms with E-state index < -0.39 is 0 Å². The molecule has 0 fully saturated rings. The Morgan fingerprint density at radius 1 is 1.17 bits per heavy atom. The average Bonchev–Trinajstić information content (AvgIpc) is 3.32. The molecule has 0 aliphatic carbocycles. The quantitative estimate of drug-likeness (QED) is 0.497. The van der Waals surface area contributed by atoms with Crippen LogP contribution in [0, 0.1) is 0 Å². The van der Waals surface area contributed by atoms with Gasteiger partial charge in [0, 0.05) is 19.5 Å². The van der Waals surface area contributed by atoms with Gasteiger partial charge in [-0.15, -0.1) is 10.2 Å². The molecule has 2 aromatic rings. The summed E-state index contributed by atoms with van der Waals surface area (Å²) in [5.41, 5.74) is 1.10. The summed E-state index contributed by atoms with van der Waals surface area (Å²) in [5, 5.41) is 15.3. The fourth-order valence-electron chi connectivity index (χ4n) is 3.42. The molecule has 3 rings (SSSR count). The Labute approximate surface area is 172 Å². The van der Waals surface area contributed by atoms with E-state index in [1.165, 1.54) is 0 Å². The number of aromatic nitrogens is 3. The number of guanidine groups is 1. The molecule has 29 heavy (non-hydrogen) atoms. The highest BCUT2D eigenvalue weighted by molar-refractivity contribution is 5.80. The van der Waals surface area contributed by atoms with E-state index in [0.29, 0.717) is 19.8 Å². The van der Waals surface area contributed by atoms with Crippen LogP contribution in [0.5, 0.6) is 11.5 Å². The third-order valence-corrected chi connectivity index (χ3v) is 4.83. The van der Waals surface area contributed by atoms with E-state index in [9.17, 15) is 0 Å². The van der Waals surface area contributed by atoms with Crippen molar-refractivity contribution in [1.29, 1.82) is 0 Å². The predicted octanol–water partition coefficient (Wildman–Crippen LogP) is 2.84. The van der Waals surface area contributed by atoms with Crippen LogP contribution in [0.15, 0.2) is 23.2 Å². The lowest BCUT2D eigenvalue weighted by molar-refractivity contribution is 0.287.